The van der Waals surface area contributed by atoms with Crippen LogP contribution >= 0.6 is 12.4 Å². The van der Waals surface area contributed by atoms with Crippen LogP contribution < -0.4 is 10.6 Å². The second kappa shape index (κ2) is 5.32. The van der Waals surface area contributed by atoms with Gasteiger partial charge >= 0.3 is 0 Å². The monoisotopic (exact) mass is 244 g/mol. The van der Waals surface area contributed by atoms with Crippen LogP contribution in [0.25, 0.3) is 0 Å². The molecular weight excluding hydrogens is 228 g/mol. The maximum Gasteiger partial charge on any atom is 0.228 e. The number of nitrogens with zero attached hydrogens (tertiary/aromatic N) is 1. The van der Waals surface area contributed by atoms with Gasteiger partial charge in [-0.05, 0) is 26.8 Å². The first-order chi connectivity index (χ1) is 7.18. The zero-order valence-electron chi connectivity index (χ0n) is 9.46. The number of rotatable bonds is 2. The number of hydrogen-bond donors (Lipinski definition) is 3. The van der Waals surface area contributed by atoms with Crippen LogP contribution in [-0.4, -0.2) is 29.2 Å². The first-order valence-corrected chi connectivity index (χ1v) is 5.21. The van der Waals surface area contributed by atoms with Gasteiger partial charge in [-0.1, -0.05) is 0 Å². The van der Waals surface area contributed by atoms with E-state index in [4.69, 9.17) is 0 Å². The molecule has 0 saturated carbocycles. The van der Waals surface area contributed by atoms with Gasteiger partial charge in [0.1, 0.15) is 0 Å². The van der Waals surface area contributed by atoms with E-state index in [1.54, 1.807) is 0 Å². The molecular formula is C10H17ClN4O. The highest BCUT2D eigenvalue weighted by Crippen LogP contribution is 2.18. The van der Waals surface area contributed by atoms with E-state index in [9.17, 15) is 4.79 Å². The summed E-state index contributed by atoms with van der Waals surface area (Å²) in [6, 6.07) is 0. The van der Waals surface area contributed by atoms with E-state index in [2.05, 4.69) is 20.8 Å². The Bertz CT molecular complexity index is 351. The third kappa shape index (κ3) is 2.54. The number of amides is 1. The summed E-state index contributed by atoms with van der Waals surface area (Å²) in [7, 11) is 0. The van der Waals surface area contributed by atoms with Crippen LogP contribution in [0.4, 0.5) is 5.69 Å². The fraction of sp³-hybridized carbons (Fsp3) is 0.600. The maximum atomic E-state index is 11.8. The minimum Gasteiger partial charge on any atom is -0.323 e. The minimum absolute atomic E-state index is 0. The fourth-order valence-electron chi connectivity index (χ4n) is 1.84. The van der Waals surface area contributed by atoms with E-state index in [1.165, 1.54) is 0 Å². The van der Waals surface area contributed by atoms with Crippen LogP contribution in [0.3, 0.4) is 0 Å². The molecule has 6 heteroatoms. The van der Waals surface area contributed by atoms with Gasteiger partial charge < -0.3 is 10.6 Å². The molecule has 1 unspecified atom stereocenters. The lowest BCUT2D eigenvalue weighted by atomic mass is 10.1. The van der Waals surface area contributed by atoms with E-state index in [1.807, 2.05) is 13.8 Å². The summed E-state index contributed by atoms with van der Waals surface area (Å²) < 4.78 is 0. The Labute approximate surface area is 101 Å². The number of hydrogen-bond acceptors (Lipinski definition) is 3. The number of anilines is 1. The molecule has 0 radical (unpaired) electrons. The third-order valence-corrected chi connectivity index (χ3v) is 2.81. The number of aryl methyl sites for hydroxylation is 2. The summed E-state index contributed by atoms with van der Waals surface area (Å²) >= 11 is 0. The van der Waals surface area contributed by atoms with Crippen molar-refractivity contribution in [3.63, 3.8) is 0 Å². The van der Waals surface area contributed by atoms with Crippen molar-refractivity contribution < 1.29 is 4.79 Å². The topological polar surface area (TPSA) is 69.8 Å². The molecule has 1 aliphatic heterocycles. The molecule has 0 aliphatic carbocycles. The van der Waals surface area contributed by atoms with Crippen molar-refractivity contribution in [2.75, 3.05) is 18.4 Å². The average molecular weight is 245 g/mol. The standard InChI is InChI=1S/C10H16N4O.ClH/c1-6-9(7(2)14-13-6)12-10(15)8-3-4-11-5-8;/h8,11H,3-5H2,1-2H3,(H,12,15)(H,13,14);1H. The van der Waals surface area contributed by atoms with Gasteiger partial charge in [-0.15, -0.1) is 12.4 Å². The van der Waals surface area contributed by atoms with Crippen LogP contribution in [0, 0.1) is 19.8 Å². The Kier molecular flexibility index (Phi) is 4.32. The Morgan fingerprint density at radius 1 is 1.50 bits per heavy atom. The van der Waals surface area contributed by atoms with E-state index >= 15 is 0 Å². The molecule has 2 rings (SSSR count). The summed E-state index contributed by atoms with van der Waals surface area (Å²) in [5, 5.41) is 13.0. The van der Waals surface area contributed by atoms with Gasteiger partial charge in [0, 0.05) is 6.54 Å². The summed E-state index contributed by atoms with van der Waals surface area (Å²) in [4.78, 5) is 11.8. The van der Waals surface area contributed by atoms with Gasteiger partial charge in [0.25, 0.3) is 0 Å². The zero-order valence-corrected chi connectivity index (χ0v) is 10.3. The largest absolute Gasteiger partial charge is 0.323 e. The smallest absolute Gasteiger partial charge is 0.228 e. The molecule has 2 heterocycles. The highest BCUT2D eigenvalue weighted by molar-refractivity contribution is 5.93. The van der Waals surface area contributed by atoms with Crippen molar-refractivity contribution >= 4 is 24.0 Å². The third-order valence-electron chi connectivity index (χ3n) is 2.81. The molecule has 1 aromatic heterocycles. The van der Waals surface area contributed by atoms with Crippen molar-refractivity contribution in [1.82, 2.24) is 15.5 Å². The second-order valence-electron chi connectivity index (χ2n) is 3.99. The summed E-state index contributed by atoms with van der Waals surface area (Å²) in [5.41, 5.74) is 2.57. The first kappa shape index (κ1) is 13.0. The molecule has 1 saturated heterocycles. The Morgan fingerprint density at radius 3 is 2.75 bits per heavy atom. The lowest BCUT2D eigenvalue weighted by Gasteiger charge is -2.09. The van der Waals surface area contributed by atoms with Crippen LogP contribution in [0.5, 0.6) is 0 Å². The maximum absolute atomic E-state index is 11.8. The minimum atomic E-state index is 0. The van der Waals surface area contributed by atoms with Crippen molar-refractivity contribution in [3.8, 4) is 0 Å². The predicted molar refractivity (Wildman–Crippen MR) is 64.9 cm³/mol. The molecule has 1 aliphatic rings. The summed E-state index contributed by atoms with van der Waals surface area (Å²) in [6.07, 6.45) is 0.918. The van der Waals surface area contributed by atoms with Crippen LogP contribution in [0.2, 0.25) is 0 Å². The highest BCUT2D eigenvalue weighted by atomic mass is 35.5. The molecule has 1 fully saturated rings. The van der Waals surface area contributed by atoms with Crippen LogP contribution in [-0.2, 0) is 4.79 Å². The average Bonchev–Trinajstić information content (AvgIpc) is 2.82. The molecule has 90 valence electrons. The van der Waals surface area contributed by atoms with Gasteiger partial charge in [-0.2, -0.15) is 5.10 Å². The number of carbonyl (C=O) groups excluding carboxylic acids is 1. The Balaban J connectivity index is 0.00000128. The molecule has 1 aromatic rings. The SMILES string of the molecule is Cc1n[nH]c(C)c1NC(=O)C1CCNC1.Cl. The number of halogens is 1. The number of aromatic amines is 1. The molecule has 0 aromatic carbocycles. The number of nitrogens with one attached hydrogen (secondary N) is 3. The van der Waals surface area contributed by atoms with Crippen LogP contribution in [0.1, 0.15) is 17.8 Å². The van der Waals surface area contributed by atoms with Crippen molar-refractivity contribution in [1.29, 1.82) is 0 Å². The first-order valence-electron chi connectivity index (χ1n) is 5.21. The second-order valence-corrected chi connectivity index (χ2v) is 3.99. The fourth-order valence-corrected chi connectivity index (χ4v) is 1.84. The lowest BCUT2D eigenvalue weighted by Crippen LogP contribution is -2.25. The molecule has 0 spiro atoms. The zero-order chi connectivity index (χ0) is 10.8. The molecule has 16 heavy (non-hydrogen) atoms. The molecule has 5 nitrogen and oxygen atoms in total. The van der Waals surface area contributed by atoms with E-state index < -0.39 is 0 Å². The van der Waals surface area contributed by atoms with Gasteiger partial charge in [-0.3, -0.25) is 9.89 Å². The van der Waals surface area contributed by atoms with Crippen LogP contribution in [0.15, 0.2) is 0 Å². The lowest BCUT2D eigenvalue weighted by molar-refractivity contribution is -0.119. The van der Waals surface area contributed by atoms with Gasteiger partial charge in [0.2, 0.25) is 5.91 Å². The van der Waals surface area contributed by atoms with Gasteiger partial charge in [-0.25, -0.2) is 0 Å². The molecule has 0 bridgehead atoms. The number of aromatic nitrogens is 2. The van der Waals surface area contributed by atoms with Crippen molar-refractivity contribution in [3.05, 3.63) is 11.4 Å². The van der Waals surface area contributed by atoms with Crippen molar-refractivity contribution in [2.45, 2.75) is 20.3 Å². The van der Waals surface area contributed by atoms with E-state index in [-0.39, 0.29) is 24.2 Å². The molecule has 1 atom stereocenters. The summed E-state index contributed by atoms with van der Waals surface area (Å²) in [6.45, 7) is 5.50. The number of H-pyrrole nitrogens is 1. The Morgan fingerprint density at radius 2 is 2.25 bits per heavy atom. The normalized spacial score (nSPS) is 19.2. The predicted octanol–water partition coefficient (Wildman–Crippen LogP) is 0.996. The van der Waals surface area contributed by atoms with Gasteiger partial charge in [0.05, 0.1) is 23.0 Å². The molecule has 1 amide bonds. The highest BCUT2D eigenvalue weighted by Gasteiger charge is 2.23. The quantitative estimate of drug-likeness (QED) is 0.727. The Hall–Kier alpha value is -1.07. The van der Waals surface area contributed by atoms with E-state index in [0.29, 0.717) is 0 Å². The van der Waals surface area contributed by atoms with Crippen molar-refractivity contribution in [2.24, 2.45) is 5.92 Å². The van der Waals surface area contributed by atoms with E-state index in [0.717, 1.165) is 36.6 Å². The molecule has 3 N–H and O–H groups in total. The summed E-state index contributed by atoms with van der Waals surface area (Å²) in [5.74, 6) is 0.186. The van der Waals surface area contributed by atoms with Gasteiger partial charge in [0.15, 0.2) is 0 Å². The number of carbonyl (C=O) groups is 1.